The van der Waals surface area contributed by atoms with E-state index in [1.54, 1.807) is 12.1 Å². The molecule has 4 aromatic rings. The molecule has 6 nitrogen and oxygen atoms in total. The van der Waals surface area contributed by atoms with E-state index in [2.05, 4.69) is 20.5 Å². The Hall–Kier alpha value is -3.27. The summed E-state index contributed by atoms with van der Waals surface area (Å²) in [6.07, 6.45) is -1.45. The van der Waals surface area contributed by atoms with Gasteiger partial charge in [0.1, 0.15) is 22.8 Å². The molecule has 180 valence electrons. The molecule has 10 heteroatoms. The Balaban J connectivity index is 0.000000486. The summed E-state index contributed by atoms with van der Waals surface area (Å²) in [5.41, 5.74) is 1.29. The summed E-state index contributed by atoms with van der Waals surface area (Å²) in [6, 6.07) is 8.71. The molecular formula is C24H25F4N5O. The van der Waals surface area contributed by atoms with Gasteiger partial charge < -0.3 is 10.1 Å². The minimum atomic E-state index is -4.32. The molecule has 1 aliphatic heterocycles. The molecule has 1 N–H and O–H groups in total. The first-order valence-corrected chi connectivity index (χ1v) is 11.1. The van der Waals surface area contributed by atoms with Gasteiger partial charge in [0.05, 0.1) is 12.5 Å². The van der Waals surface area contributed by atoms with Crippen molar-refractivity contribution in [1.82, 2.24) is 24.9 Å². The largest absolute Gasteiger partial charge is 0.489 e. The Morgan fingerprint density at radius 3 is 2.47 bits per heavy atom. The van der Waals surface area contributed by atoms with Crippen molar-refractivity contribution in [2.45, 2.75) is 45.4 Å². The molecule has 0 atom stereocenters. The van der Waals surface area contributed by atoms with Crippen LogP contribution in [-0.2, 0) is 6.42 Å². The maximum atomic E-state index is 13.9. The van der Waals surface area contributed by atoms with E-state index < -0.39 is 18.4 Å². The van der Waals surface area contributed by atoms with E-state index in [-0.39, 0.29) is 23.2 Å². The van der Waals surface area contributed by atoms with Crippen LogP contribution in [-0.4, -0.2) is 45.0 Å². The number of hydrogen-bond acceptors (Lipinski definition) is 5. The molecule has 1 saturated heterocycles. The fraction of sp³-hybridized carbons (Fsp3) is 0.375. The number of ether oxygens (including phenoxy) is 1. The molecule has 0 saturated carbocycles. The molecule has 5 rings (SSSR count). The SMILES string of the molecule is C1CCNC1.CC(C)Oc1cc(F)cc2ccc(-c3nnc4ccc(CC(F)(F)F)cn34)nc12. The summed E-state index contributed by atoms with van der Waals surface area (Å²) in [7, 11) is 0. The minimum absolute atomic E-state index is 0.0812. The van der Waals surface area contributed by atoms with Crippen molar-refractivity contribution in [3.05, 3.63) is 54.0 Å². The normalized spacial score (nSPS) is 14.0. The standard InChI is InChI=1S/C20H16F4N4O.C4H9N/c1-11(2)29-16-8-14(21)7-13-4-5-15(25-18(13)16)19-27-26-17-6-3-12(10-28(17)19)9-20(22,23)24;1-2-4-5-3-1/h3-8,10-11H,9H2,1-2H3;5H,1-4H2. The van der Waals surface area contributed by atoms with Crippen LogP contribution >= 0.6 is 0 Å². The van der Waals surface area contributed by atoms with E-state index in [9.17, 15) is 17.6 Å². The van der Waals surface area contributed by atoms with Crippen LogP contribution in [0, 0.1) is 5.82 Å². The fourth-order valence-corrected chi connectivity index (χ4v) is 3.71. The fourth-order valence-electron chi connectivity index (χ4n) is 3.71. The predicted molar refractivity (Wildman–Crippen MR) is 121 cm³/mol. The Morgan fingerprint density at radius 1 is 1.06 bits per heavy atom. The van der Waals surface area contributed by atoms with E-state index in [1.807, 2.05) is 13.8 Å². The topological polar surface area (TPSA) is 64.3 Å². The summed E-state index contributed by atoms with van der Waals surface area (Å²) in [6.45, 7) is 6.13. The van der Waals surface area contributed by atoms with Gasteiger partial charge in [0.25, 0.3) is 0 Å². The van der Waals surface area contributed by atoms with Crippen LogP contribution in [0.3, 0.4) is 0 Å². The predicted octanol–water partition coefficient (Wildman–Crippen LogP) is 5.35. The maximum Gasteiger partial charge on any atom is 0.393 e. The lowest BCUT2D eigenvalue weighted by atomic mass is 10.1. The van der Waals surface area contributed by atoms with Crippen molar-refractivity contribution in [3.8, 4) is 17.3 Å². The second-order valence-electron chi connectivity index (χ2n) is 8.38. The van der Waals surface area contributed by atoms with Crippen molar-refractivity contribution < 1.29 is 22.3 Å². The molecule has 0 unspecified atom stereocenters. The third-order valence-electron chi connectivity index (χ3n) is 5.14. The quantitative estimate of drug-likeness (QED) is 0.404. The summed E-state index contributed by atoms with van der Waals surface area (Å²) in [5.74, 6) is 0.113. The smallest absolute Gasteiger partial charge is 0.393 e. The molecular weight excluding hydrogens is 450 g/mol. The van der Waals surface area contributed by atoms with Crippen LogP contribution in [0.2, 0.25) is 0 Å². The van der Waals surface area contributed by atoms with Gasteiger partial charge in [-0.25, -0.2) is 9.37 Å². The van der Waals surface area contributed by atoms with E-state index in [0.29, 0.717) is 22.2 Å². The lowest BCUT2D eigenvalue weighted by Crippen LogP contribution is -2.12. The minimum Gasteiger partial charge on any atom is -0.489 e. The van der Waals surface area contributed by atoms with Crippen LogP contribution in [0.5, 0.6) is 5.75 Å². The average molecular weight is 475 g/mol. The number of alkyl halides is 3. The van der Waals surface area contributed by atoms with Crippen molar-refractivity contribution in [3.63, 3.8) is 0 Å². The summed E-state index contributed by atoms with van der Waals surface area (Å²) >= 11 is 0. The highest BCUT2D eigenvalue weighted by Gasteiger charge is 2.28. The van der Waals surface area contributed by atoms with Crippen LogP contribution in [0.4, 0.5) is 17.6 Å². The van der Waals surface area contributed by atoms with Crippen LogP contribution in [0.1, 0.15) is 32.3 Å². The van der Waals surface area contributed by atoms with Gasteiger partial charge >= 0.3 is 6.18 Å². The number of nitrogens with zero attached hydrogens (tertiary/aromatic N) is 4. The van der Waals surface area contributed by atoms with Gasteiger partial charge in [-0.3, -0.25) is 4.40 Å². The highest BCUT2D eigenvalue weighted by atomic mass is 19.4. The molecule has 0 amide bonds. The Bertz CT molecular complexity index is 1270. The van der Waals surface area contributed by atoms with E-state index in [1.165, 1.54) is 60.8 Å². The highest BCUT2D eigenvalue weighted by Crippen LogP contribution is 2.29. The molecule has 3 aromatic heterocycles. The second kappa shape index (κ2) is 9.92. The number of nitrogens with one attached hydrogen (secondary N) is 1. The van der Waals surface area contributed by atoms with Gasteiger partial charge in [-0.05, 0) is 63.5 Å². The first-order valence-electron chi connectivity index (χ1n) is 11.1. The van der Waals surface area contributed by atoms with Gasteiger partial charge in [0, 0.05) is 17.6 Å². The van der Waals surface area contributed by atoms with Crippen LogP contribution < -0.4 is 10.1 Å². The van der Waals surface area contributed by atoms with Crippen molar-refractivity contribution in [2.24, 2.45) is 0 Å². The number of rotatable bonds is 4. The van der Waals surface area contributed by atoms with Gasteiger partial charge in [-0.1, -0.05) is 12.1 Å². The molecule has 0 bridgehead atoms. The molecule has 1 aromatic carbocycles. The van der Waals surface area contributed by atoms with Crippen molar-refractivity contribution in [2.75, 3.05) is 13.1 Å². The van der Waals surface area contributed by atoms with E-state index in [0.717, 1.165) is 0 Å². The lowest BCUT2D eigenvalue weighted by molar-refractivity contribution is -0.127. The van der Waals surface area contributed by atoms with Gasteiger partial charge in [0.15, 0.2) is 11.5 Å². The molecule has 0 radical (unpaired) electrons. The van der Waals surface area contributed by atoms with Gasteiger partial charge in [0.2, 0.25) is 0 Å². The van der Waals surface area contributed by atoms with E-state index >= 15 is 0 Å². The summed E-state index contributed by atoms with van der Waals surface area (Å²) in [5, 5.41) is 11.8. The van der Waals surface area contributed by atoms with Gasteiger partial charge in [-0.15, -0.1) is 10.2 Å². The number of fused-ring (bicyclic) bond motifs is 2. The van der Waals surface area contributed by atoms with Crippen LogP contribution in [0.15, 0.2) is 42.6 Å². The monoisotopic (exact) mass is 475 g/mol. The number of halogens is 4. The van der Waals surface area contributed by atoms with Crippen LogP contribution in [0.25, 0.3) is 28.1 Å². The lowest BCUT2D eigenvalue weighted by Gasteiger charge is -2.13. The average Bonchev–Trinajstić information content (AvgIpc) is 3.45. The van der Waals surface area contributed by atoms with Crippen molar-refractivity contribution >= 4 is 16.6 Å². The molecule has 1 aliphatic rings. The number of aromatic nitrogens is 4. The zero-order valence-electron chi connectivity index (χ0n) is 18.9. The third-order valence-corrected chi connectivity index (χ3v) is 5.14. The summed E-state index contributed by atoms with van der Waals surface area (Å²) in [4.78, 5) is 4.53. The number of benzene rings is 1. The number of hydrogen-bond donors (Lipinski definition) is 1. The maximum absolute atomic E-state index is 13.9. The molecule has 34 heavy (non-hydrogen) atoms. The Labute approximate surface area is 194 Å². The molecule has 1 fully saturated rings. The highest BCUT2D eigenvalue weighted by molar-refractivity contribution is 5.86. The van der Waals surface area contributed by atoms with E-state index in [4.69, 9.17) is 4.74 Å². The first-order chi connectivity index (χ1) is 16.2. The number of pyridine rings is 2. The zero-order valence-corrected chi connectivity index (χ0v) is 18.9. The molecule has 4 heterocycles. The summed E-state index contributed by atoms with van der Waals surface area (Å²) < 4.78 is 59.3. The molecule has 0 aliphatic carbocycles. The zero-order chi connectivity index (χ0) is 24.3. The molecule has 0 spiro atoms. The third kappa shape index (κ3) is 5.80. The van der Waals surface area contributed by atoms with Crippen molar-refractivity contribution in [1.29, 1.82) is 0 Å². The first kappa shape index (κ1) is 23.9. The second-order valence-corrected chi connectivity index (χ2v) is 8.38. The van der Waals surface area contributed by atoms with Gasteiger partial charge in [-0.2, -0.15) is 13.2 Å². The Morgan fingerprint density at radius 2 is 1.82 bits per heavy atom. The Kier molecular flexibility index (Phi) is 6.97.